The van der Waals surface area contributed by atoms with E-state index in [2.05, 4.69) is 5.32 Å². The molecule has 0 radical (unpaired) electrons. The minimum atomic E-state index is -1.49. The van der Waals surface area contributed by atoms with Gasteiger partial charge in [0.25, 0.3) is 0 Å². The van der Waals surface area contributed by atoms with Crippen LogP contribution in [0, 0.1) is 0 Å². The summed E-state index contributed by atoms with van der Waals surface area (Å²) in [6, 6.07) is 0. The van der Waals surface area contributed by atoms with Gasteiger partial charge < -0.3 is 90.5 Å². The van der Waals surface area contributed by atoms with E-state index in [1.165, 1.54) is 21.3 Å². The second-order valence-corrected chi connectivity index (χ2v) is 9.81. The Morgan fingerprint density at radius 3 is 1.48 bits per heavy atom. The average Bonchev–Trinajstić information content (AvgIpc) is 3.00. The standard InChI is InChI=1S/C10H19NO6.C7H15NO5.C7H14O6.CH4.H2/c1-3-6(13)11-10-8(15)7(14)9(16-2)5(4-12)17-10;1-12-6-3(2-9)13-7(8)5(11)4(6)10;1-12-6-3(2-8)13-7(11)5(10)4(6)9;;/h5,7-10,12,14-15H,3-4H2,1-2H3,(H,11,13);3-7,9-11H,2,8H2,1H3;3-11H,2H2,1H3;1H4;1H/t5?,7-,8?,9-,10-;3?,4-,5?,6-,7-;3?,4-,5?,6-,7+;;/m111../s1/i;;;;1+1. The first kappa shape index (κ1) is 42.8. The van der Waals surface area contributed by atoms with Gasteiger partial charge in [-0.25, -0.2) is 0 Å². The zero-order valence-corrected chi connectivity index (χ0v) is 24.4. The van der Waals surface area contributed by atoms with Crippen molar-refractivity contribution in [3.05, 3.63) is 0 Å². The van der Waals surface area contributed by atoms with Gasteiger partial charge in [0, 0.05) is 29.2 Å². The van der Waals surface area contributed by atoms with Crippen LogP contribution in [-0.4, -0.2) is 190 Å². The highest BCUT2D eigenvalue weighted by Gasteiger charge is 2.46. The van der Waals surface area contributed by atoms with Crippen LogP contribution in [0.4, 0.5) is 0 Å². The number of nitrogens with one attached hydrogen (secondary N) is 1. The molecule has 0 aromatic heterocycles. The number of ether oxygens (including phenoxy) is 6. The minimum Gasteiger partial charge on any atom is -0.394 e. The molecular formula is C25H54N2O17. The number of rotatable bonds is 8. The second kappa shape index (κ2) is 20.8. The van der Waals surface area contributed by atoms with E-state index < -0.39 is 92.0 Å². The monoisotopic (exact) mass is 655 g/mol. The molecule has 19 heteroatoms. The minimum absolute atomic E-state index is 0. The van der Waals surface area contributed by atoms with Crippen molar-refractivity contribution in [3.63, 3.8) is 0 Å². The van der Waals surface area contributed by atoms with Crippen molar-refractivity contribution in [2.45, 2.75) is 113 Å². The van der Waals surface area contributed by atoms with Gasteiger partial charge in [-0.2, -0.15) is 0 Å². The summed E-state index contributed by atoms with van der Waals surface area (Å²) in [4.78, 5) is 11.2. The van der Waals surface area contributed by atoms with E-state index in [1.54, 1.807) is 6.92 Å². The molecule has 6 unspecified atom stereocenters. The predicted octanol–water partition coefficient (Wildman–Crippen LogP) is -6.32. The van der Waals surface area contributed by atoms with Crippen molar-refractivity contribution in [2.75, 3.05) is 41.2 Å². The molecule has 13 N–H and O–H groups in total. The van der Waals surface area contributed by atoms with Crippen molar-refractivity contribution < 1.29 is 85.7 Å². The van der Waals surface area contributed by atoms with Gasteiger partial charge >= 0.3 is 0 Å². The third kappa shape index (κ3) is 11.0. The van der Waals surface area contributed by atoms with Crippen LogP contribution < -0.4 is 11.1 Å². The Morgan fingerprint density at radius 2 is 1.07 bits per heavy atom. The van der Waals surface area contributed by atoms with Crippen LogP contribution in [0.3, 0.4) is 0 Å². The lowest BCUT2D eigenvalue weighted by atomic mass is 9.98. The van der Waals surface area contributed by atoms with Gasteiger partial charge in [-0.05, 0) is 0 Å². The van der Waals surface area contributed by atoms with Crippen LogP contribution in [0.1, 0.15) is 22.2 Å². The molecule has 3 rings (SSSR count). The molecule has 0 saturated carbocycles. The average molecular weight is 656 g/mol. The summed E-state index contributed by atoms with van der Waals surface area (Å²) in [5, 5.41) is 95.1. The molecule has 266 valence electrons. The SMILES string of the molecule is C.CCC(=O)N[C@@H]1OC(CO)[C@@H](OC)[C@H](O)C1O.CO[C@@H]1C(CO)O[C@@H](N)C(O)[C@H]1O.CO[C@@H]1C(CO)O[C@H](O)C(O)[C@H]1O.[2HH]. The highest BCUT2D eigenvalue weighted by Crippen LogP contribution is 2.23. The Kier molecular flexibility index (Phi) is 20.2. The van der Waals surface area contributed by atoms with Gasteiger partial charge in [0.15, 0.2) is 12.5 Å². The van der Waals surface area contributed by atoms with Crippen LogP contribution in [0.5, 0.6) is 0 Å². The molecule has 1 amide bonds. The molecule has 0 bridgehead atoms. The smallest absolute Gasteiger partial charge is 0.221 e. The Balaban J connectivity index is 0. The molecule has 3 heterocycles. The van der Waals surface area contributed by atoms with Crippen LogP contribution in [-0.2, 0) is 33.2 Å². The Morgan fingerprint density at radius 1 is 0.682 bits per heavy atom. The number of methoxy groups -OCH3 is 3. The first-order valence-electron chi connectivity index (χ1n) is 13.5. The van der Waals surface area contributed by atoms with Crippen LogP contribution in [0.2, 0.25) is 0 Å². The van der Waals surface area contributed by atoms with E-state index in [0.717, 1.165) is 0 Å². The molecule has 0 aromatic rings. The largest absolute Gasteiger partial charge is 0.394 e. The number of aliphatic hydroxyl groups is 10. The van der Waals surface area contributed by atoms with Gasteiger partial charge in [-0.1, -0.05) is 14.4 Å². The molecule has 0 aliphatic carbocycles. The summed E-state index contributed by atoms with van der Waals surface area (Å²) in [7, 11) is 4.03. The van der Waals surface area contributed by atoms with Crippen molar-refractivity contribution in [2.24, 2.45) is 5.73 Å². The van der Waals surface area contributed by atoms with Crippen LogP contribution in [0.15, 0.2) is 0 Å². The molecule has 19 nitrogen and oxygen atoms in total. The molecule has 0 spiro atoms. The van der Waals surface area contributed by atoms with E-state index >= 15 is 0 Å². The first-order chi connectivity index (χ1) is 20.3. The fourth-order valence-electron chi connectivity index (χ4n) is 4.52. The Hall–Kier alpha value is -1.21. The maximum absolute atomic E-state index is 11.2. The number of carbonyl (C=O) groups is 1. The van der Waals surface area contributed by atoms with Gasteiger partial charge in [0.1, 0.15) is 79.5 Å². The highest BCUT2D eigenvalue weighted by molar-refractivity contribution is 5.75. The number of amides is 1. The maximum Gasteiger partial charge on any atom is 0.221 e. The van der Waals surface area contributed by atoms with Crippen molar-refractivity contribution in [3.8, 4) is 0 Å². The third-order valence-electron chi connectivity index (χ3n) is 7.05. The van der Waals surface area contributed by atoms with E-state index in [1.807, 2.05) is 0 Å². The van der Waals surface area contributed by atoms with Gasteiger partial charge in [-0.3, -0.25) is 4.79 Å². The summed E-state index contributed by atoms with van der Waals surface area (Å²) in [5.41, 5.74) is 5.35. The normalized spacial score (nSPS) is 42.0. The lowest BCUT2D eigenvalue weighted by molar-refractivity contribution is -0.290. The van der Waals surface area contributed by atoms with E-state index in [-0.39, 0.29) is 41.0 Å². The summed E-state index contributed by atoms with van der Waals surface area (Å²) in [6.45, 7) is 0.582. The molecule has 3 fully saturated rings. The maximum atomic E-state index is 11.2. The second-order valence-electron chi connectivity index (χ2n) is 9.81. The van der Waals surface area contributed by atoms with Crippen molar-refractivity contribution in [1.82, 2.24) is 5.32 Å². The van der Waals surface area contributed by atoms with E-state index in [4.69, 9.17) is 54.6 Å². The quantitative estimate of drug-likeness (QED) is 0.116. The van der Waals surface area contributed by atoms with E-state index in [0.29, 0.717) is 0 Å². The molecule has 3 aliphatic rings. The van der Waals surface area contributed by atoms with Gasteiger partial charge in [0.2, 0.25) is 5.91 Å². The zero-order chi connectivity index (χ0) is 33.0. The van der Waals surface area contributed by atoms with Gasteiger partial charge in [-0.15, -0.1) is 0 Å². The Bertz CT molecular complexity index is 752. The topological polar surface area (TPSA) is 313 Å². The lowest BCUT2D eigenvalue weighted by Crippen LogP contribution is -2.63. The van der Waals surface area contributed by atoms with Crippen LogP contribution in [0.25, 0.3) is 0 Å². The van der Waals surface area contributed by atoms with Crippen molar-refractivity contribution in [1.29, 1.82) is 0 Å². The van der Waals surface area contributed by atoms with Gasteiger partial charge in [0.05, 0.1) is 19.8 Å². The summed E-state index contributed by atoms with van der Waals surface area (Å²) < 4.78 is 29.7. The highest BCUT2D eigenvalue weighted by atomic mass is 16.7. The molecular weight excluding hydrogens is 600 g/mol. The number of nitrogens with two attached hydrogens (primary N) is 1. The lowest BCUT2D eigenvalue weighted by Gasteiger charge is -2.41. The Labute approximate surface area is 257 Å². The fraction of sp³-hybridized carbons (Fsp3) is 0.960. The third-order valence-corrected chi connectivity index (χ3v) is 7.05. The number of hydrogen-bond acceptors (Lipinski definition) is 18. The molecule has 44 heavy (non-hydrogen) atoms. The van der Waals surface area contributed by atoms with E-state index in [9.17, 15) is 35.4 Å². The van der Waals surface area contributed by atoms with Crippen LogP contribution >= 0.6 is 0 Å². The first-order valence-corrected chi connectivity index (χ1v) is 13.5. The number of carbonyl (C=O) groups excluding carboxylic acids is 1. The number of hydrogen-bond donors (Lipinski definition) is 12. The summed E-state index contributed by atoms with van der Waals surface area (Å²) >= 11 is 0. The molecule has 3 aliphatic heterocycles. The zero-order valence-electron chi connectivity index (χ0n) is 24.4. The predicted molar refractivity (Wildman–Crippen MR) is 149 cm³/mol. The number of aliphatic hydroxyl groups excluding tert-OH is 10. The summed E-state index contributed by atoms with van der Waals surface area (Å²) in [5.74, 6) is -0.311. The summed E-state index contributed by atoms with van der Waals surface area (Å²) in [6.07, 6.45) is -15.5. The fourth-order valence-corrected chi connectivity index (χ4v) is 4.52. The van der Waals surface area contributed by atoms with Crippen molar-refractivity contribution >= 4 is 5.91 Å². The molecule has 0 aromatic carbocycles. The molecule has 15 atom stereocenters. The molecule has 3 saturated heterocycles.